The van der Waals surface area contributed by atoms with Crippen molar-refractivity contribution in [3.63, 3.8) is 0 Å². The van der Waals surface area contributed by atoms with Gasteiger partial charge in [0.1, 0.15) is 6.61 Å². The summed E-state index contributed by atoms with van der Waals surface area (Å²) in [5.41, 5.74) is 1.18. The smallest absolute Gasteiger partial charge is 0.363 e. The molecule has 2 aliphatic heterocycles. The Morgan fingerprint density at radius 3 is 2.91 bits per heavy atom. The summed E-state index contributed by atoms with van der Waals surface area (Å²) in [5, 5.41) is 14.4. The first-order valence-corrected chi connectivity index (χ1v) is 11.1. The Labute approximate surface area is 193 Å². The summed E-state index contributed by atoms with van der Waals surface area (Å²) in [7, 11) is 0. The van der Waals surface area contributed by atoms with Crippen LogP contribution in [0.5, 0.6) is 5.75 Å². The molecule has 3 aromatic rings. The van der Waals surface area contributed by atoms with Gasteiger partial charge in [-0.2, -0.15) is 4.39 Å². The van der Waals surface area contributed by atoms with Crippen LogP contribution in [-0.2, 0) is 6.54 Å². The van der Waals surface area contributed by atoms with Crippen LogP contribution in [0.25, 0.3) is 10.9 Å². The zero-order valence-corrected chi connectivity index (χ0v) is 18.5. The fraction of sp³-hybridized carbons (Fsp3) is 0.391. The molecule has 0 bridgehead atoms. The SMILES string of the molecule is C[C@H]1COc2c(F)c(F)cc3c(=O)c(CN[C@H]4CCCN(c5ccc([N+](=O)[O-])nc5)C4)cn1c23. The predicted molar refractivity (Wildman–Crippen MR) is 121 cm³/mol. The maximum atomic E-state index is 14.3. The molecule has 1 N–H and O–H groups in total. The quantitative estimate of drug-likeness (QED) is 0.450. The van der Waals surface area contributed by atoms with Crippen molar-refractivity contribution in [3.05, 3.63) is 68.1 Å². The Kier molecular flexibility index (Phi) is 5.64. The van der Waals surface area contributed by atoms with E-state index < -0.39 is 16.6 Å². The minimum Gasteiger partial charge on any atom is -0.486 e. The minimum absolute atomic E-state index is 0.0710. The van der Waals surface area contributed by atoms with Gasteiger partial charge in [0.05, 0.1) is 22.6 Å². The van der Waals surface area contributed by atoms with E-state index in [0.717, 1.165) is 31.1 Å². The Balaban J connectivity index is 1.37. The van der Waals surface area contributed by atoms with Crippen LogP contribution < -0.4 is 20.4 Å². The molecule has 1 aromatic carbocycles. The van der Waals surface area contributed by atoms with Gasteiger partial charge in [0.15, 0.2) is 23.2 Å². The third-order valence-corrected chi connectivity index (χ3v) is 6.47. The number of rotatable bonds is 5. The molecule has 5 rings (SSSR count). The number of hydrogen-bond donors (Lipinski definition) is 1. The molecule has 0 amide bonds. The highest BCUT2D eigenvalue weighted by Crippen LogP contribution is 2.35. The average molecular weight is 471 g/mol. The number of aromatic nitrogens is 2. The number of hydrogen-bond acceptors (Lipinski definition) is 7. The fourth-order valence-corrected chi connectivity index (χ4v) is 4.68. The molecule has 34 heavy (non-hydrogen) atoms. The molecule has 0 aliphatic carbocycles. The number of nitro groups is 1. The number of pyridine rings is 2. The van der Waals surface area contributed by atoms with Crippen molar-refractivity contribution in [2.24, 2.45) is 0 Å². The lowest BCUT2D eigenvalue weighted by Gasteiger charge is -2.34. The monoisotopic (exact) mass is 471 g/mol. The largest absolute Gasteiger partial charge is 0.486 e. The maximum absolute atomic E-state index is 14.3. The topological polar surface area (TPSA) is 103 Å². The van der Waals surface area contributed by atoms with E-state index in [1.807, 2.05) is 6.92 Å². The van der Waals surface area contributed by atoms with Crippen molar-refractivity contribution in [2.45, 2.75) is 38.4 Å². The number of ether oxygens (including phenoxy) is 1. The molecule has 0 unspecified atom stereocenters. The summed E-state index contributed by atoms with van der Waals surface area (Å²) in [6.07, 6.45) is 4.99. The van der Waals surface area contributed by atoms with Crippen LogP contribution in [0.4, 0.5) is 20.3 Å². The second-order valence-corrected chi connectivity index (χ2v) is 8.75. The van der Waals surface area contributed by atoms with Gasteiger partial charge in [0, 0.05) is 43.5 Å². The molecule has 2 atom stereocenters. The second kappa shape index (κ2) is 8.64. The van der Waals surface area contributed by atoms with Gasteiger partial charge < -0.3 is 29.6 Å². The van der Waals surface area contributed by atoms with Crippen LogP contribution in [0.3, 0.4) is 0 Å². The average Bonchev–Trinajstić information content (AvgIpc) is 2.84. The zero-order valence-electron chi connectivity index (χ0n) is 18.5. The van der Waals surface area contributed by atoms with Gasteiger partial charge in [-0.15, -0.1) is 0 Å². The van der Waals surface area contributed by atoms with Gasteiger partial charge in [0.2, 0.25) is 5.82 Å². The number of anilines is 1. The molecule has 1 saturated heterocycles. The van der Waals surface area contributed by atoms with E-state index in [4.69, 9.17) is 4.74 Å². The second-order valence-electron chi connectivity index (χ2n) is 8.75. The van der Waals surface area contributed by atoms with Gasteiger partial charge in [0.25, 0.3) is 0 Å². The standard InChI is InChI=1S/C23H23F2N5O4/c1-13-12-34-23-20(25)18(24)7-17-21(23)29(13)10-14(22(17)31)8-26-15-3-2-6-28(11-15)16-4-5-19(27-9-16)30(32)33/h4-5,7,9-10,13,15,26H,2-3,6,8,11-12H2,1H3/t13-,15-/m0/s1. The van der Waals surface area contributed by atoms with Crippen LogP contribution in [0.1, 0.15) is 31.4 Å². The molecule has 178 valence electrons. The van der Waals surface area contributed by atoms with E-state index >= 15 is 0 Å². The van der Waals surface area contributed by atoms with Crippen molar-refractivity contribution in [3.8, 4) is 5.75 Å². The highest BCUT2D eigenvalue weighted by Gasteiger charge is 2.27. The molecule has 0 saturated carbocycles. The van der Waals surface area contributed by atoms with Gasteiger partial charge in [-0.3, -0.25) is 4.79 Å². The lowest BCUT2D eigenvalue weighted by Crippen LogP contribution is -2.46. The highest BCUT2D eigenvalue weighted by atomic mass is 19.2. The van der Waals surface area contributed by atoms with Crippen LogP contribution >= 0.6 is 0 Å². The number of piperidine rings is 1. The van der Waals surface area contributed by atoms with E-state index in [-0.39, 0.29) is 53.1 Å². The third-order valence-electron chi connectivity index (χ3n) is 6.47. The van der Waals surface area contributed by atoms with Crippen LogP contribution in [0, 0.1) is 21.7 Å². The Morgan fingerprint density at radius 1 is 1.35 bits per heavy atom. The number of nitrogens with zero attached hydrogens (tertiary/aromatic N) is 4. The molecular weight excluding hydrogens is 448 g/mol. The molecule has 2 aliphatic rings. The van der Waals surface area contributed by atoms with Crippen molar-refractivity contribution >= 4 is 22.4 Å². The van der Waals surface area contributed by atoms with Crippen molar-refractivity contribution < 1.29 is 18.4 Å². The number of benzene rings is 1. The Hall–Kier alpha value is -3.60. The summed E-state index contributed by atoms with van der Waals surface area (Å²) in [6, 6.07) is 3.94. The zero-order chi connectivity index (χ0) is 24.0. The van der Waals surface area contributed by atoms with E-state index in [1.54, 1.807) is 16.8 Å². The van der Waals surface area contributed by atoms with Crippen LogP contribution in [-0.4, -0.2) is 40.2 Å². The van der Waals surface area contributed by atoms with Gasteiger partial charge in [-0.05, 0) is 41.8 Å². The van der Waals surface area contributed by atoms with Crippen molar-refractivity contribution in [1.29, 1.82) is 0 Å². The molecule has 0 spiro atoms. The van der Waals surface area contributed by atoms with Crippen molar-refractivity contribution in [1.82, 2.24) is 14.9 Å². The normalized spacial score (nSPS) is 19.8. The van der Waals surface area contributed by atoms with Crippen LogP contribution in [0.2, 0.25) is 0 Å². The maximum Gasteiger partial charge on any atom is 0.363 e. The molecule has 4 heterocycles. The molecule has 2 aromatic heterocycles. The summed E-state index contributed by atoms with van der Waals surface area (Å²) >= 11 is 0. The van der Waals surface area contributed by atoms with E-state index in [9.17, 15) is 23.7 Å². The number of halogens is 2. The first kappa shape index (κ1) is 22.2. The molecule has 9 nitrogen and oxygen atoms in total. The summed E-state index contributed by atoms with van der Waals surface area (Å²) in [5.74, 6) is -2.61. The van der Waals surface area contributed by atoms with E-state index in [1.165, 1.54) is 12.3 Å². The fourth-order valence-electron chi connectivity index (χ4n) is 4.68. The van der Waals surface area contributed by atoms with Crippen LogP contribution in [0.15, 0.2) is 35.4 Å². The lowest BCUT2D eigenvalue weighted by atomic mass is 10.0. The predicted octanol–water partition coefficient (Wildman–Crippen LogP) is 3.29. The minimum atomic E-state index is -1.11. The first-order chi connectivity index (χ1) is 16.3. The highest BCUT2D eigenvalue weighted by molar-refractivity contribution is 5.86. The van der Waals surface area contributed by atoms with E-state index in [0.29, 0.717) is 12.1 Å². The number of nitrogens with one attached hydrogen (secondary N) is 1. The van der Waals surface area contributed by atoms with E-state index in [2.05, 4.69) is 15.2 Å². The summed E-state index contributed by atoms with van der Waals surface area (Å²) in [6.45, 7) is 3.79. The first-order valence-electron chi connectivity index (χ1n) is 11.1. The summed E-state index contributed by atoms with van der Waals surface area (Å²) < 4.78 is 35.6. The summed E-state index contributed by atoms with van der Waals surface area (Å²) in [4.78, 5) is 29.4. The van der Waals surface area contributed by atoms with Gasteiger partial charge in [-0.1, -0.05) is 0 Å². The molecule has 11 heteroatoms. The molecule has 1 fully saturated rings. The molecule has 0 radical (unpaired) electrons. The molecular formula is C23H23F2N5O4. The Morgan fingerprint density at radius 2 is 2.18 bits per heavy atom. The van der Waals surface area contributed by atoms with Crippen molar-refractivity contribution in [2.75, 3.05) is 24.6 Å². The third kappa shape index (κ3) is 3.85. The lowest BCUT2D eigenvalue weighted by molar-refractivity contribution is -0.389. The Bertz CT molecular complexity index is 1330. The van der Waals surface area contributed by atoms with Gasteiger partial charge in [-0.25, -0.2) is 4.39 Å². The van der Waals surface area contributed by atoms with Gasteiger partial charge >= 0.3 is 5.82 Å².